The Labute approximate surface area is 113 Å². The Bertz CT molecular complexity index is 619. The van der Waals surface area contributed by atoms with E-state index >= 15 is 0 Å². The van der Waals surface area contributed by atoms with Gasteiger partial charge < -0.3 is 5.73 Å². The van der Waals surface area contributed by atoms with Crippen molar-refractivity contribution in [3.05, 3.63) is 29.3 Å². The number of hydrogen-bond donors (Lipinski definition) is 1. The molecule has 5 nitrogen and oxygen atoms in total. The Hall–Kier alpha value is -1.42. The topological polar surface area (TPSA) is 87.2 Å². The molecule has 0 aromatic heterocycles. The first-order valence-corrected chi connectivity index (χ1v) is 7.65. The highest BCUT2D eigenvalue weighted by atomic mass is 32.2. The van der Waals surface area contributed by atoms with Crippen molar-refractivity contribution in [1.29, 1.82) is 5.26 Å². The van der Waals surface area contributed by atoms with Crippen LogP contribution in [0.3, 0.4) is 0 Å². The van der Waals surface area contributed by atoms with Crippen LogP contribution >= 0.6 is 0 Å². The highest BCUT2D eigenvalue weighted by Crippen LogP contribution is 2.23. The minimum atomic E-state index is -3.51. The van der Waals surface area contributed by atoms with E-state index in [1.165, 1.54) is 16.4 Å². The molecule has 102 valence electrons. The van der Waals surface area contributed by atoms with Gasteiger partial charge in [-0.1, -0.05) is 0 Å². The minimum Gasteiger partial charge on any atom is -0.327 e. The van der Waals surface area contributed by atoms with Gasteiger partial charge in [0.2, 0.25) is 10.0 Å². The summed E-state index contributed by atoms with van der Waals surface area (Å²) in [4.78, 5) is 0.264. The van der Waals surface area contributed by atoms with Gasteiger partial charge in [0.25, 0.3) is 0 Å². The first-order valence-electron chi connectivity index (χ1n) is 6.21. The molecule has 1 aliphatic rings. The van der Waals surface area contributed by atoms with Crippen LogP contribution < -0.4 is 5.73 Å². The minimum absolute atomic E-state index is 0.0952. The zero-order valence-electron chi connectivity index (χ0n) is 10.8. The van der Waals surface area contributed by atoms with Gasteiger partial charge in [0.05, 0.1) is 16.5 Å². The molecule has 0 spiro atoms. The lowest BCUT2D eigenvalue weighted by Gasteiger charge is -2.30. The summed E-state index contributed by atoms with van der Waals surface area (Å²) in [5, 5.41) is 8.81. The van der Waals surface area contributed by atoms with E-state index in [9.17, 15) is 8.42 Å². The lowest BCUT2D eigenvalue weighted by Crippen LogP contribution is -2.45. The van der Waals surface area contributed by atoms with Crippen molar-refractivity contribution in [3.63, 3.8) is 0 Å². The van der Waals surface area contributed by atoms with E-state index in [4.69, 9.17) is 11.0 Å². The lowest BCUT2D eigenvalue weighted by molar-refractivity contribution is 0.316. The maximum Gasteiger partial charge on any atom is 0.243 e. The standard InChI is InChI=1S/C13H17N3O2S/c1-10-7-11(8-14)4-5-13(10)19(17,18)16-6-2-3-12(15)9-16/h4-5,7,12H,2-3,6,9,15H2,1H3. The number of benzene rings is 1. The fraction of sp³-hybridized carbons (Fsp3) is 0.462. The zero-order valence-corrected chi connectivity index (χ0v) is 11.7. The van der Waals surface area contributed by atoms with Gasteiger partial charge in [-0.25, -0.2) is 8.42 Å². The molecule has 1 fully saturated rings. The van der Waals surface area contributed by atoms with Gasteiger partial charge in [-0.15, -0.1) is 0 Å². The Balaban J connectivity index is 2.37. The summed E-state index contributed by atoms with van der Waals surface area (Å²) in [6.07, 6.45) is 1.65. The van der Waals surface area contributed by atoms with Gasteiger partial charge >= 0.3 is 0 Å². The number of nitriles is 1. The van der Waals surface area contributed by atoms with Crippen molar-refractivity contribution in [1.82, 2.24) is 4.31 Å². The van der Waals surface area contributed by atoms with E-state index in [1.54, 1.807) is 13.0 Å². The molecule has 1 aromatic carbocycles. The Morgan fingerprint density at radius 1 is 1.47 bits per heavy atom. The monoisotopic (exact) mass is 279 g/mol. The second-order valence-corrected chi connectivity index (χ2v) is 6.76. The van der Waals surface area contributed by atoms with Gasteiger partial charge in [-0.05, 0) is 43.5 Å². The van der Waals surface area contributed by atoms with E-state index in [-0.39, 0.29) is 10.9 Å². The number of nitrogens with two attached hydrogens (primary N) is 1. The predicted octanol–water partition coefficient (Wildman–Crippen LogP) is 0.978. The summed E-state index contributed by atoms with van der Waals surface area (Å²) in [6, 6.07) is 6.54. The lowest BCUT2D eigenvalue weighted by atomic mass is 10.1. The van der Waals surface area contributed by atoms with E-state index in [2.05, 4.69) is 0 Å². The number of piperidine rings is 1. The number of nitrogens with zero attached hydrogens (tertiary/aromatic N) is 2. The van der Waals surface area contributed by atoms with Crippen LogP contribution in [0, 0.1) is 18.3 Å². The Kier molecular flexibility index (Phi) is 3.90. The van der Waals surface area contributed by atoms with E-state index < -0.39 is 10.0 Å². The molecule has 1 atom stereocenters. The van der Waals surface area contributed by atoms with Crippen LogP contribution in [0.15, 0.2) is 23.1 Å². The summed E-state index contributed by atoms with van der Waals surface area (Å²) in [6.45, 7) is 2.58. The number of rotatable bonds is 2. The first-order chi connectivity index (χ1) is 8.95. The summed E-state index contributed by atoms with van der Waals surface area (Å²) < 4.78 is 26.5. The van der Waals surface area contributed by atoms with Crippen LogP contribution in [-0.4, -0.2) is 31.9 Å². The average Bonchev–Trinajstić information content (AvgIpc) is 2.38. The highest BCUT2D eigenvalue weighted by Gasteiger charge is 2.29. The van der Waals surface area contributed by atoms with Crippen molar-refractivity contribution < 1.29 is 8.42 Å². The van der Waals surface area contributed by atoms with E-state index in [0.717, 1.165) is 12.8 Å². The first kappa shape index (κ1) is 14.0. The molecule has 0 bridgehead atoms. The molecule has 2 rings (SSSR count). The third-order valence-electron chi connectivity index (χ3n) is 3.34. The summed E-state index contributed by atoms with van der Waals surface area (Å²) >= 11 is 0. The Morgan fingerprint density at radius 2 is 2.21 bits per heavy atom. The van der Waals surface area contributed by atoms with Gasteiger partial charge in [-0.2, -0.15) is 9.57 Å². The molecule has 6 heteroatoms. The molecule has 2 N–H and O–H groups in total. The van der Waals surface area contributed by atoms with Crippen LogP contribution in [-0.2, 0) is 10.0 Å². The van der Waals surface area contributed by atoms with Crippen LogP contribution in [0.5, 0.6) is 0 Å². The van der Waals surface area contributed by atoms with Crippen molar-refractivity contribution >= 4 is 10.0 Å². The van der Waals surface area contributed by atoms with E-state index in [1.807, 2.05) is 6.07 Å². The maximum absolute atomic E-state index is 12.5. The fourth-order valence-electron chi connectivity index (χ4n) is 2.34. The normalized spacial score (nSPS) is 21.0. The van der Waals surface area contributed by atoms with Crippen molar-refractivity contribution in [2.75, 3.05) is 13.1 Å². The molecular formula is C13H17N3O2S. The SMILES string of the molecule is Cc1cc(C#N)ccc1S(=O)(=O)N1CCCC(N)C1. The van der Waals surface area contributed by atoms with Crippen LogP contribution in [0.2, 0.25) is 0 Å². The van der Waals surface area contributed by atoms with Gasteiger partial charge in [0, 0.05) is 19.1 Å². The van der Waals surface area contributed by atoms with Crippen LogP contribution in [0.1, 0.15) is 24.0 Å². The third kappa shape index (κ3) is 2.78. The van der Waals surface area contributed by atoms with Crippen molar-refractivity contribution in [3.8, 4) is 6.07 Å². The number of sulfonamides is 1. The fourth-order valence-corrected chi connectivity index (χ4v) is 4.08. The number of hydrogen-bond acceptors (Lipinski definition) is 4. The smallest absolute Gasteiger partial charge is 0.243 e. The molecule has 0 radical (unpaired) electrons. The molecule has 1 heterocycles. The molecule has 0 saturated carbocycles. The van der Waals surface area contributed by atoms with Crippen LogP contribution in [0.25, 0.3) is 0 Å². The van der Waals surface area contributed by atoms with Crippen molar-refractivity contribution in [2.45, 2.75) is 30.7 Å². The quantitative estimate of drug-likeness (QED) is 0.874. The maximum atomic E-state index is 12.5. The predicted molar refractivity (Wildman–Crippen MR) is 71.9 cm³/mol. The summed E-state index contributed by atoms with van der Waals surface area (Å²) in [5.41, 5.74) is 6.89. The molecular weight excluding hydrogens is 262 g/mol. The molecule has 19 heavy (non-hydrogen) atoms. The molecule has 0 aliphatic carbocycles. The number of aryl methyl sites for hydroxylation is 1. The van der Waals surface area contributed by atoms with Gasteiger partial charge in [0.1, 0.15) is 0 Å². The van der Waals surface area contributed by atoms with Crippen molar-refractivity contribution in [2.24, 2.45) is 5.73 Å². The average molecular weight is 279 g/mol. The largest absolute Gasteiger partial charge is 0.327 e. The summed E-state index contributed by atoms with van der Waals surface area (Å²) in [5.74, 6) is 0. The molecule has 0 amide bonds. The second kappa shape index (κ2) is 5.29. The van der Waals surface area contributed by atoms with E-state index in [0.29, 0.717) is 24.2 Å². The molecule has 1 saturated heterocycles. The zero-order chi connectivity index (χ0) is 14.0. The van der Waals surface area contributed by atoms with Gasteiger partial charge in [-0.3, -0.25) is 0 Å². The molecule has 1 aliphatic heterocycles. The molecule has 1 aromatic rings. The Morgan fingerprint density at radius 3 is 2.79 bits per heavy atom. The molecule has 1 unspecified atom stereocenters. The second-order valence-electron chi connectivity index (χ2n) is 4.86. The highest BCUT2D eigenvalue weighted by molar-refractivity contribution is 7.89. The summed E-state index contributed by atoms with van der Waals surface area (Å²) in [7, 11) is -3.51. The van der Waals surface area contributed by atoms with Crippen LogP contribution in [0.4, 0.5) is 0 Å². The van der Waals surface area contributed by atoms with Gasteiger partial charge in [0.15, 0.2) is 0 Å². The third-order valence-corrected chi connectivity index (χ3v) is 5.37.